The summed E-state index contributed by atoms with van der Waals surface area (Å²) in [5, 5.41) is 0. The number of carbonyl (C=O) groups excluding carboxylic acids is 2. The number of benzene rings is 2. The highest BCUT2D eigenvalue weighted by Crippen LogP contribution is 2.34. The summed E-state index contributed by atoms with van der Waals surface area (Å²) in [6.45, 7) is 3.03. The Morgan fingerprint density at radius 2 is 1.66 bits per heavy atom. The Labute approximate surface area is 186 Å². The number of hydrogen-bond donors (Lipinski definition) is 2. The summed E-state index contributed by atoms with van der Waals surface area (Å²) in [5.41, 5.74) is 6.18. The van der Waals surface area contributed by atoms with Crippen LogP contribution in [-0.2, 0) is 14.8 Å². The third kappa shape index (κ3) is 4.56. The van der Waals surface area contributed by atoms with Gasteiger partial charge in [0, 0.05) is 30.6 Å². The fourth-order valence-electron chi connectivity index (χ4n) is 3.81. The highest BCUT2D eigenvalue weighted by molar-refractivity contribution is 7.89. The van der Waals surface area contributed by atoms with Crippen LogP contribution < -0.4 is 20.3 Å². The lowest BCUT2D eigenvalue weighted by atomic mass is 9.97. The summed E-state index contributed by atoms with van der Waals surface area (Å²) in [4.78, 5) is 24.9. The average molecular weight is 460 g/mol. The molecule has 2 aromatic rings. The van der Waals surface area contributed by atoms with Crippen LogP contribution in [0.4, 0.5) is 0 Å². The average Bonchev–Trinajstić information content (AvgIpc) is 2.82. The molecule has 2 heterocycles. The number of aryl methyl sites for hydroxylation is 1. The molecule has 0 bridgehead atoms. The summed E-state index contributed by atoms with van der Waals surface area (Å²) in [7, 11) is -3.71. The number of amides is 2. The van der Waals surface area contributed by atoms with E-state index in [2.05, 4.69) is 10.9 Å². The lowest BCUT2D eigenvalue weighted by molar-refractivity contribution is -0.126. The van der Waals surface area contributed by atoms with Crippen LogP contribution in [0.25, 0.3) is 0 Å². The van der Waals surface area contributed by atoms with Gasteiger partial charge in [-0.05, 0) is 43.5 Å². The molecule has 2 aliphatic rings. The van der Waals surface area contributed by atoms with E-state index < -0.39 is 15.9 Å². The molecule has 10 heteroatoms. The Hall–Kier alpha value is -3.11. The van der Waals surface area contributed by atoms with E-state index >= 15 is 0 Å². The van der Waals surface area contributed by atoms with E-state index in [1.54, 1.807) is 18.2 Å². The van der Waals surface area contributed by atoms with Gasteiger partial charge < -0.3 is 9.47 Å². The van der Waals surface area contributed by atoms with Crippen LogP contribution in [0.1, 0.15) is 28.8 Å². The van der Waals surface area contributed by atoms with Gasteiger partial charge in [-0.1, -0.05) is 18.2 Å². The smallest absolute Gasteiger partial charge is 0.269 e. The maximum absolute atomic E-state index is 13.0. The third-order valence-electron chi connectivity index (χ3n) is 5.67. The van der Waals surface area contributed by atoms with Gasteiger partial charge in [0.25, 0.3) is 5.91 Å². The van der Waals surface area contributed by atoms with Gasteiger partial charge in [0.15, 0.2) is 11.5 Å². The van der Waals surface area contributed by atoms with Crippen LogP contribution in [0.3, 0.4) is 0 Å². The largest absolute Gasteiger partial charge is 0.486 e. The zero-order chi connectivity index (χ0) is 22.7. The van der Waals surface area contributed by atoms with Crippen molar-refractivity contribution >= 4 is 21.8 Å². The zero-order valence-electron chi connectivity index (χ0n) is 17.7. The summed E-state index contributed by atoms with van der Waals surface area (Å²) >= 11 is 0. The van der Waals surface area contributed by atoms with Crippen molar-refractivity contribution in [3.63, 3.8) is 0 Å². The van der Waals surface area contributed by atoms with Crippen molar-refractivity contribution in [3.05, 3.63) is 53.6 Å². The Bertz CT molecular complexity index is 1130. The summed E-state index contributed by atoms with van der Waals surface area (Å²) in [6, 6.07) is 11.6. The quantitative estimate of drug-likeness (QED) is 0.672. The van der Waals surface area contributed by atoms with Crippen molar-refractivity contribution in [2.45, 2.75) is 24.7 Å². The van der Waals surface area contributed by atoms with Crippen molar-refractivity contribution in [2.24, 2.45) is 5.92 Å². The number of sulfonamides is 1. The maximum atomic E-state index is 13.0. The van der Waals surface area contributed by atoms with E-state index in [9.17, 15) is 18.0 Å². The number of fused-ring (bicyclic) bond motifs is 1. The van der Waals surface area contributed by atoms with Gasteiger partial charge in [0.05, 0.1) is 4.90 Å². The molecule has 0 aromatic heterocycles. The molecule has 0 saturated carbocycles. The van der Waals surface area contributed by atoms with Crippen molar-refractivity contribution < 1.29 is 27.5 Å². The van der Waals surface area contributed by atoms with Crippen LogP contribution in [0.5, 0.6) is 11.5 Å². The molecule has 0 radical (unpaired) electrons. The summed E-state index contributed by atoms with van der Waals surface area (Å²) in [6.07, 6.45) is 0.714. The summed E-state index contributed by atoms with van der Waals surface area (Å²) < 4.78 is 38.3. The Kier molecular flexibility index (Phi) is 6.33. The number of nitrogens with one attached hydrogen (secondary N) is 2. The fourth-order valence-corrected chi connectivity index (χ4v) is 5.29. The lowest BCUT2D eigenvalue weighted by Crippen LogP contribution is -2.48. The minimum Gasteiger partial charge on any atom is -0.486 e. The molecule has 1 fully saturated rings. The predicted molar refractivity (Wildman–Crippen MR) is 116 cm³/mol. The Morgan fingerprint density at radius 3 is 2.38 bits per heavy atom. The SMILES string of the molecule is Cc1ccccc1C(=O)NNC(=O)C1CCN(S(=O)(=O)c2ccc3c(c2)OCCO3)CC1. The first-order chi connectivity index (χ1) is 15.4. The van der Waals surface area contributed by atoms with Crippen molar-refractivity contribution in [2.75, 3.05) is 26.3 Å². The number of hydrogen-bond acceptors (Lipinski definition) is 6. The molecule has 9 nitrogen and oxygen atoms in total. The van der Waals surface area contributed by atoms with Gasteiger partial charge in [-0.3, -0.25) is 20.4 Å². The second kappa shape index (κ2) is 9.17. The van der Waals surface area contributed by atoms with E-state index in [1.165, 1.54) is 16.4 Å². The molecule has 1 saturated heterocycles. The zero-order valence-corrected chi connectivity index (χ0v) is 18.5. The number of nitrogens with zero attached hydrogens (tertiary/aromatic N) is 1. The van der Waals surface area contributed by atoms with Crippen LogP contribution in [0, 0.1) is 12.8 Å². The van der Waals surface area contributed by atoms with Gasteiger partial charge in [-0.15, -0.1) is 0 Å². The van der Waals surface area contributed by atoms with E-state index in [-0.39, 0.29) is 29.8 Å². The number of piperidine rings is 1. The molecule has 2 aliphatic heterocycles. The second-order valence-electron chi connectivity index (χ2n) is 7.74. The van der Waals surface area contributed by atoms with Gasteiger partial charge in [-0.2, -0.15) is 4.31 Å². The van der Waals surface area contributed by atoms with Crippen molar-refractivity contribution in [3.8, 4) is 11.5 Å². The minimum absolute atomic E-state index is 0.134. The topological polar surface area (TPSA) is 114 Å². The van der Waals surface area contributed by atoms with Crippen LogP contribution >= 0.6 is 0 Å². The summed E-state index contributed by atoms with van der Waals surface area (Å²) in [5.74, 6) is -0.174. The van der Waals surface area contributed by atoms with Gasteiger partial charge in [0.1, 0.15) is 13.2 Å². The highest BCUT2D eigenvalue weighted by Gasteiger charge is 2.33. The molecule has 0 aliphatic carbocycles. The van der Waals surface area contributed by atoms with Crippen LogP contribution in [0.2, 0.25) is 0 Å². The molecule has 0 unspecified atom stereocenters. The molecule has 2 aromatic carbocycles. The molecular weight excluding hydrogens is 434 g/mol. The molecule has 2 amide bonds. The minimum atomic E-state index is -3.71. The van der Waals surface area contributed by atoms with Gasteiger partial charge in [-0.25, -0.2) is 8.42 Å². The first-order valence-electron chi connectivity index (χ1n) is 10.4. The number of hydrazine groups is 1. The number of carbonyl (C=O) groups is 2. The second-order valence-corrected chi connectivity index (χ2v) is 9.68. The fraction of sp³-hybridized carbons (Fsp3) is 0.364. The standard InChI is InChI=1S/C22H25N3O6S/c1-15-4-2-3-5-18(15)22(27)24-23-21(26)16-8-10-25(11-9-16)32(28,29)17-6-7-19-20(14-17)31-13-12-30-19/h2-7,14,16H,8-13H2,1H3,(H,23,26)(H,24,27). The molecule has 0 spiro atoms. The normalized spacial score (nSPS) is 16.9. The van der Waals surface area contributed by atoms with E-state index in [4.69, 9.17) is 9.47 Å². The third-order valence-corrected chi connectivity index (χ3v) is 7.56. The Morgan fingerprint density at radius 1 is 0.969 bits per heavy atom. The van der Waals surface area contributed by atoms with Gasteiger partial charge >= 0.3 is 0 Å². The lowest BCUT2D eigenvalue weighted by Gasteiger charge is -2.30. The van der Waals surface area contributed by atoms with Crippen LogP contribution in [0.15, 0.2) is 47.4 Å². The molecule has 4 rings (SSSR count). The molecule has 0 atom stereocenters. The first kappa shape index (κ1) is 22.1. The van der Waals surface area contributed by atoms with Crippen molar-refractivity contribution in [1.29, 1.82) is 0 Å². The molecule has 2 N–H and O–H groups in total. The molecular formula is C22H25N3O6S. The van der Waals surface area contributed by atoms with E-state index in [0.717, 1.165) is 5.56 Å². The number of rotatable bonds is 4. The monoisotopic (exact) mass is 459 g/mol. The van der Waals surface area contributed by atoms with Crippen LogP contribution in [-0.4, -0.2) is 50.8 Å². The van der Waals surface area contributed by atoms with Gasteiger partial charge in [0.2, 0.25) is 15.9 Å². The van der Waals surface area contributed by atoms with E-state index in [0.29, 0.717) is 43.1 Å². The molecule has 170 valence electrons. The highest BCUT2D eigenvalue weighted by atomic mass is 32.2. The molecule has 32 heavy (non-hydrogen) atoms. The number of ether oxygens (including phenoxy) is 2. The first-order valence-corrected chi connectivity index (χ1v) is 11.9. The van der Waals surface area contributed by atoms with E-state index in [1.807, 2.05) is 19.1 Å². The van der Waals surface area contributed by atoms with Crippen molar-refractivity contribution in [1.82, 2.24) is 15.2 Å². The maximum Gasteiger partial charge on any atom is 0.269 e. The predicted octanol–water partition coefficient (Wildman–Crippen LogP) is 1.63. The Balaban J connectivity index is 1.33.